The summed E-state index contributed by atoms with van der Waals surface area (Å²) >= 11 is 0. The first-order chi connectivity index (χ1) is 6.74. The molecule has 4 nitrogen and oxygen atoms in total. The number of carbonyl (C=O) groups is 1. The van der Waals surface area contributed by atoms with Crippen LogP contribution in [0.25, 0.3) is 0 Å². The molecule has 0 unspecified atom stereocenters. The largest absolute Gasteiger partial charge is 0.464 e. The summed E-state index contributed by atoms with van der Waals surface area (Å²) in [6.07, 6.45) is 4.30. The average molecular weight is 194 g/mol. The summed E-state index contributed by atoms with van der Waals surface area (Å²) in [6.45, 7) is 0. The molecule has 1 heterocycles. The van der Waals surface area contributed by atoms with Gasteiger partial charge in [-0.25, -0.2) is 4.79 Å². The summed E-state index contributed by atoms with van der Waals surface area (Å²) in [5.41, 5.74) is 2.78. The zero-order valence-electron chi connectivity index (χ0n) is 8.54. The van der Waals surface area contributed by atoms with Crippen LogP contribution in [0.3, 0.4) is 0 Å². The minimum absolute atomic E-state index is 0.316. The van der Waals surface area contributed by atoms with Gasteiger partial charge in [0.05, 0.1) is 7.11 Å². The van der Waals surface area contributed by atoms with Crippen molar-refractivity contribution in [1.82, 2.24) is 9.78 Å². The number of rotatable bonds is 1. The van der Waals surface area contributed by atoms with Crippen molar-refractivity contribution >= 4 is 5.97 Å². The molecule has 1 aliphatic rings. The molecule has 0 spiro atoms. The van der Waals surface area contributed by atoms with Crippen molar-refractivity contribution in [2.45, 2.75) is 25.7 Å². The molecule has 2 rings (SSSR count). The second-order valence-electron chi connectivity index (χ2n) is 3.60. The molecule has 0 radical (unpaired) electrons. The second kappa shape index (κ2) is 3.44. The van der Waals surface area contributed by atoms with E-state index < -0.39 is 0 Å². The van der Waals surface area contributed by atoms with E-state index in [0.29, 0.717) is 5.69 Å². The Bertz CT molecular complexity index is 368. The Balaban J connectivity index is 2.46. The van der Waals surface area contributed by atoms with Crippen molar-refractivity contribution in [3.05, 3.63) is 17.0 Å². The molecule has 1 aromatic rings. The topological polar surface area (TPSA) is 44.1 Å². The van der Waals surface area contributed by atoms with Crippen molar-refractivity contribution in [2.75, 3.05) is 7.11 Å². The Morgan fingerprint density at radius 1 is 1.43 bits per heavy atom. The van der Waals surface area contributed by atoms with E-state index in [4.69, 9.17) is 4.74 Å². The fraction of sp³-hybridized carbons (Fsp3) is 0.600. The lowest BCUT2D eigenvalue weighted by molar-refractivity contribution is 0.0592. The molecule has 14 heavy (non-hydrogen) atoms. The standard InChI is InChI=1S/C10H14N2O2/c1-12-8-6-4-3-5-7(8)9(11-12)10(13)14-2/h3-6H2,1-2H3. The molecule has 4 heteroatoms. The van der Waals surface area contributed by atoms with E-state index in [1.54, 1.807) is 4.68 Å². The summed E-state index contributed by atoms with van der Waals surface area (Å²) < 4.78 is 6.51. The quantitative estimate of drug-likeness (QED) is 0.628. The molecule has 0 aromatic carbocycles. The molecule has 0 atom stereocenters. The molecule has 0 saturated carbocycles. The van der Waals surface area contributed by atoms with Gasteiger partial charge in [0.15, 0.2) is 5.69 Å². The first-order valence-corrected chi connectivity index (χ1v) is 4.87. The molecule has 1 aliphatic carbocycles. The number of aromatic nitrogens is 2. The van der Waals surface area contributed by atoms with E-state index in [2.05, 4.69) is 5.10 Å². The van der Waals surface area contributed by atoms with Gasteiger partial charge < -0.3 is 4.74 Å². The van der Waals surface area contributed by atoms with E-state index >= 15 is 0 Å². The maximum absolute atomic E-state index is 11.4. The number of esters is 1. The van der Waals surface area contributed by atoms with Crippen LogP contribution < -0.4 is 0 Å². The molecular weight excluding hydrogens is 180 g/mol. The molecule has 0 amide bonds. The van der Waals surface area contributed by atoms with Crippen LogP contribution in [-0.2, 0) is 24.6 Å². The zero-order chi connectivity index (χ0) is 10.1. The number of hydrogen-bond donors (Lipinski definition) is 0. The smallest absolute Gasteiger partial charge is 0.358 e. The van der Waals surface area contributed by atoms with Crippen molar-refractivity contribution in [3.63, 3.8) is 0 Å². The molecular formula is C10H14N2O2. The Morgan fingerprint density at radius 2 is 2.14 bits per heavy atom. The molecule has 0 fully saturated rings. The maximum atomic E-state index is 11.4. The van der Waals surface area contributed by atoms with E-state index in [1.807, 2.05) is 7.05 Å². The summed E-state index contributed by atoms with van der Waals surface area (Å²) in [5, 5.41) is 4.21. The van der Waals surface area contributed by atoms with Gasteiger partial charge >= 0.3 is 5.97 Å². The van der Waals surface area contributed by atoms with Crippen LogP contribution in [0.1, 0.15) is 34.6 Å². The van der Waals surface area contributed by atoms with Crippen LogP contribution in [-0.4, -0.2) is 22.9 Å². The predicted octanol–water partition coefficient (Wildman–Crippen LogP) is 1.09. The molecule has 0 N–H and O–H groups in total. The fourth-order valence-corrected chi connectivity index (χ4v) is 2.03. The van der Waals surface area contributed by atoms with Crippen molar-refractivity contribution < 1.29 is 9.53 Å². The molecule has 1 aromatic heterocycles. The Labute approximate surface area is 82.9 Å². The molecule has 76 valence electrons. The summed E-state index contributed by atoms with van der Waals surface area (Å²) in [6, 6.07) is 0. The predicted molar refractivity (Wildman–Crippen MR) is 51.2 cm³/mol. The van der Waals surface area contributed by atoms with Gasteiger partial charge in [-0.05, 0) is 25.7 Å². The second-order valence-corrected chi connectivity index (χ2v) is 3.60. The highest BCUT2D eigenvalue weighted by Crippen LogP contribution is 2.24. The lowest BCUT2D eigenvalue weighted by atomic mass is 9.96. The van der Waals surface area contributed by atoms with Crippen LogP contribution >= 0.6 is 0 Å². The third kappa shape index (κ3) is 1.31. The number of hydrogen-bond acceptors (Lipinski definition) is 3. The number of aryl methyl sites for hydroxylation is 1. The SMILES string of the molecule is COC(=O)c1nn(C)c2c1CCCC2. The number of nitrogens with zero attached hydrogens (tertiary/aromatic N) is 2. The first kappa shape index (κ1) is 9.24. The Kier molecular flexibility index (Phi) is 2.27. The lowest BCUT2D eigenvalue weighted by Gasteiger charge is -2.11. The van der Waals surface area contributed by atoms with E-state index in [-0.39, 0.29) is 5.97 Å². The van der Waals surface area contributed by atoms with Crippen LogP contribution in [0.5, 0.6) is 0 Å². The van der Waals surface area contributed by atoms with Crippen LogP contribution in [0.15, 0.2) is 0 Å². The van der Waals surface area contributed by atoms with Crippen LogP contribution in [0.4, 0.5) is 0 Å². The van der Waals surface area contributed by atoms with E-state index in [1.165, 1.54) is 19.2 Å². The van der Waals surface area contributed by atoms with Gasteiger partial charge in [0.2, 0.25) is 0 Å². The fourth-order valence-electron chi connectivity index (χ4n) is 2.03. The van der Waals surface area contributed by atoms with Crippen molar-refractivity contribution in [3.8, 4) is 0 Å². The van der Waals surface area contributed by atoms with Crippen molar-refractivity contribution in [1.29, 1.82) is 0 Å². The number of methoxy groups -OCH3 is 1. The highest BCUT2D eigenvalue weighted by Gasteiger charge is 2.23. The van der Waals surface area contributed by atoms with Gasteiger partial charge in [0.25, 0.3) is 0 Å². The minimum atomic E-state index is -0.316. The average Bonchev–Trinajstić information content (AvgIpc) is 2.56. The Morgan fingerprint density at radius 3 is 2.86 bits per heavy atom. The van der Waals surface area contributed by atoms with E-state index in [0.717, 1.165) is 24.8 Å². The molecule has 0 bridgehead atoms. The van der Waals surface area contributed by atoms with Gasteiger partial charge in [-0.2, -0.15) is 5.10 Å². The van der Waals surface area contributed by atoms with Gasteiger partial charge in [-0.1, -0.05) is 0 Å². The van der Waals surface area contributed by atoms with Gasteiger partial charge in [0.1, 0.15) is 0 Å². The van der Waals surface area contributed by atoms with Gasteiger partial charge in [0, 0.05) is 18.3 Å². The normalized spacial score (nSPS) is 15.0. The van der Waals surface area contributed by atoms with E-state index in [9.17, 15) is 4.79 Å². The Hall–Kier alpha value is -1.32. The molecule has 0 saturated heterocycles. The van der Waals surface area contributed by atoms with Crippen molar-refractivity contribution in [2.24, 2.45) is 7.05 Å². The number of carbonyl (C=O) groups excluding carboxylic acids is 1. The first-order valence-electron chi connectivity index (χ1n) is 4.87. The van der Waals surface area contributed by atoms with Crippen LogP contribution in [0, 0.1) is 0 Å². The number of fused-ring (bicyclic) bond motifs is 1. The zero-order valence-corrected chi connectivity index (χ0v) is 8.54. The van der Waals surface area contributed by atoms with Crippen LogP contribution in [0.2, 0.25) is 0 Å². The highest BCUT2D eigenvalue weighted by molar-refractivity contribution is 5.89. The lowest BCUT2D eigenvalue weighted by Crippen LogP contribution is -2.08. The summed E-state index contributed by atoms with van der Waals surface area (Å²) in [4.78, 5) is 11.4. The van der Waals surface area contributed by atoms with Gasteiger partial charge in [-0.15, -0.1) is 0 Å². The monoisotopic (exact) mass is 194 g/mol. The third-order valence-electron chi connectivity index (χ3n) is 2.74. The summed E-state index contributed by atoms with van der Waals surface area (Å²) in [5.74, 6) is -0.316. The molecule has 0 aliphatic heterocycles. The third-order valence-corrected chi connectivity index (χ3v) is 2.74. The van der Waals surface area contributed by atoms with Gasteiger partial charge in [-0.3, -0.25) is 4.68 Å². The number of ether oxygens (including phenoxy) is 1. The summed E-state index contributed by atoms with van der Waals surface area (Å²) in [7, 11) is 3.28. The maximum Gasteiger partial charge on any atom is 0.358 e. The minimum Gasteiger partial charge on any atom is -0.464 e. The highest BCUT2D eigenvalue weighted by atomic mass is 16.5.